The van der Waals surface area contributed by atoms with Crippen molar-refractivity contribution in [1.82, 2.24) is 0 Å². The van der Waals surface area contributed by atoms with E-state index in [0.29, 0.717) is 12.8 Å². The Morgan fingerprint density at radius 1 is 1.27 bits per heavy atom. The van der Waals surface area contributed by atoms with Crippen molar-refractivity contribution in [3.63, 3.8) is 0 Å². The van der Waals surface area contributed by atoms with Crippen molar-refractivity contribution in [3.05, 3.63) is 23.8 Å². The Morgan fingerprint density at radius 2 is 2.00 bits per heavy atom. The molecule has 140 valence electrons. The molecular formula is C21H26O5. The molecule has 0 bridgehead atoms. The van der Waals surface area contributed by atoms with Gasteiger partial charge >= 0.3 is 0 Å². The van der Waals surface area contributed by atoms with Crippen LogP contribution in [0.5, 0.6) is 0 Å². The summed E-state index contributed by atoms with van der Waals surface area (Å²) in [4.78, 5) is 37.4. The summed E-state index contributed by atoms with van der Waals surface area (Å²) in [5.41, 5.74) is -1.86. The van der Waals surface area contributed by atoms with Crippen LogP contribution in [0.15, 0.2) is 23.8 Å². The molecule has 6 atom stereocenters. The van der Waals surface area contributed by atoms with Gasteiger partial charge in [-0.2, -0.15) is 0 Å². The van der Waals surface area contributed by atoms with Gasteiger partial charge in [0.1, 0.15) is 18.0 Å². The molecule has 5 heteroatoms. The zero-order valence-electron chi connectivity index (χ0n) is 15.3. The number of carbonyl (C=O) groups excluding carboxylic acids is 3. The van der Waals surface area contributed by atoms with Gasteiger partial charge in [-0.15, -0.1) is 0 Å². The Kier molecular flexibility index (Phi) is 3.74. The van der Waals surface area contributed by atoms with Crippen molar-refractivity contribution in [2.24, 2.45) is 28.6 Å². The first-order chi connectivity index (χ1) is 12.2. The van der Waals surface area contributed by atoms with E-state index in [1.807, 2.05) is 19.9 Å². The molecule has 0 unspecified atom stereocenters. The highest BCUT2D eigenvalue weighted by molar-refractivity contribution is 6.02. The van der Waals surface area contributed by atoms with Gasteiger partial charge in [-0.05, 0) is 49.7 Å². The fourth-order valence-electron chi connectivity index (χ4n) is 6.62. The fraction of sp³-hybridized carbons (Fsp3) is 0.667. The van der Waals surface area contributed by atoms with Crippen LogP contribution in [0.25, 0.3) is 0 Å². The second-order valence-electron chi connectivity index (χ2n) is 9.02. The highest BCUT2D eigenvalue weighted by Gasteiger charge is 2.68. The van der Waals surface area contributed by atoms with E-state index in [-0.39, 0.29) is 35.7 Å². The molecule has 26 heavy (non-hydrogen) atoms. The number of hydrogen-bond acceptors (Lipinski definition) is 5. The Labute approximate surface area is 153 Å². The molecule has 0 amide bonds. The van der Waals surface area contributed by atoms with Gasteiger partial charge in [-0.1, -0.05) is 25.5 Å². The summed E-state index contributed by atoms with van der Waals surface area (Å²) in [7, 11) is 0. The van der Waals surface area contributed by atoms with Crippen LogP contribution < -0.4 is 0 Å². The molecule has 4 aliphatic rings. The number of aliphatic hydroxyl groups excluding tert-OH is 1. The Balaban J connectivity index is 1.76. The Hall–Kier alpha value is -1.59. The number of rotatable bonds is 2. The third-order valence-electron chi connectivity index (χ3n) is 8.01. The van der Waals surface area contributed by atoms with Gasteiger partial charge in [0.05, 0.1) is 0 Å². The smallest absolute Gasteiger partial charge is 0.190 e. The molecule has 0 spiro atoms. The zero-order valence-corrected chi connectivity index (χ0v) is 15.3. The quantitative estimate of drug-likeness (QED) is 0.785. The molecule has 0 aliphatic heterocycles. The van der Waals surface area contributed by atoms with Crippen LogP contribution in [-0.4, -0.2) is 39.8 Å². The Morgan fingerprint density at radius 3 is 2.69 bits per heavy atom. The largest absolute Gasteiger partial charge is 0.388 e. The maximum atomic E-state index is 13.3. The number of aliphatic hydroxyl groups is 2. The van der Waals surface area contributed by atoms with E-state index in [0.717, 1.165) is 18.4 Å². The third kappa shape index (κ3) is 2.01. The second-order valence-corrected chi connectivity index (χ2v) is 9.02. The lowest BCUT2D eigenvalue weighted by molar-refractivity contribution is -0.168. The second kappa shape index (κ2) is 5.46. The highest BCUT2D eigenvalue weighted by Crippen LogP contribution is 2.66. The van der Waals surface area contributed by atoms with Gasteiger partial charge in [0, 0.05) is 23.2 Å². The molecule has 3 fully saturated rings. The SMILES string of the molecule is C[C@]12C=CC(=O)C=C1CC[C@H]1[C@@H]2C(=O)C[C@@]2(C)[C@H]1CC[C@]2(O)C(=O)CO. The van der Waals surface area contributed by atoms with Crippen LogP contribution >= 0.6 is 0 Å². The molecule has 0 heterocycles. The predicted octanol–water partition coefficient (Wildman–Crippen LogP) is 1.77. The summed E-state index contributed by atoms with van der Waals surface area (Å²) < 4.78 is 0. The molecule has 2 N–H and O–H groups in total. The van der Waals surface area contributed by atoms with E-state index >= 15 is 0 Å². The fourth-order valence-corrected chi connectivity index (χ4v) is 6.62. The molecule has 0 radical (unpaired) electrons. The first kappa shape index (κ1) is 17.8. The number of fused-ring (bicyclic) bond motifs is 5. The summed E-state index contributed by atoms with van der Waals surface area (Å²) in [5.74, 6) is -0.590. The van der Waals surface area contributed by atoms with E-state index in [4.69, 9.17) is 0 Å². The predicted molar refractivity (Wildman–Crippen MR) is 94.0 cm³/mol. The monoisotopic (exact) mass is 358 g/mol. The maximum Gasteiger partial charge on any atom is 0.190 e. The molecule has 0 aromatic rings. The molecule has 3 saturated carbocycles. The van der Waals surface area contributed by atoms with Gasteiger partial charge in [0.15, 0.2) is 11.6 Å². The van der Waals surface area contributed by atoms with Gasteiger partial charge < -0.3 is 10.2 Å². The average Bonchev–Trinajstić information content (AvgIpc) is 2.86. The van der Waals surface area contributed by atoms with E-state index in [1.165, 1.54) is 0 Å². The van der Waals surface area contributed by atoms with Crippen molar-refractivity contribution < 1.29 is 24.6 Å². The number of carbonyl (C=O) groups is 3. The minimum absolute atomic E-state index is 0.0206. The molecule has 4 rings (SSSR count). The van der Waals surface area contributed by atoms with Crippen LogP contribution in [0.3, 0.4) is 0 Å². The van der Waals surface area contributed by atoms with Gasteiger partial charge in [0.25, 0.3) is 0 Å². The molecular weight excluding hydrogens is 332 g/mol. The molecule has 4 aliphatic carbocycles. The molecule has 0 aromatic carbocycles. The van der Waals surface area contributed by atoms with Crippen LogP contribution in [0.2, 0.25) is 0 Å². The topological polar surface area (TPSA) is 91.7 Å². The molecule has 0 saturated heterocycles. The normalized spacial score (nSPS) is 47.1. The Bertz CT molecular complexity index is 764. The van der Waals surface area contributed by atoms with Gasteiger partial charge in [-0.3, -0.25) is 14.4 Å². The van der Waals surface area contributed by atoms with Crippen LogP contribution in [-0.2, 0) is 14.4 Å². The molecule has 0 aromatic heterocycles. The van der Waals surface area contributed by atoms with E-state index in [1.54, 1.807) is 12.2 Å². The minimum Gasteiger partial charge on any atom is -0.388 e. The van der Waals surface area contributed by atoms with E-state index < -0.39 is 28.8 Å². The summed E-state index contributed by atoms with van der Waals surface area (Å²) in [5, 5.41) is 20.5. The number of Topliss-reactive ketones (excluding diaryl/α,β-unsaturated/α-hetero) is 2. The van der Waals surface area contributed by atoms with Gasteiger partial charge in [-0.25, -0.2) is 0 Å². The lowest BCUT2D eigenvalue weighted by Gasteiger charge is -2.56. The van der Waals surface area contributed by atoms with Crippen molar-refractivity contribution in [2.75, 3.05) is 6.61 Å². The summed E-state index contributed by atoms with van der Waals surface area (Å²) >= 11 is 0. The lowest BCUT2D eigenvalue weighted by Crippen LogP contribution is -2.60. The van der Waals surface area contributed by atoms with Gasteiger partial charge in [0.2, 0.25) is 0 Å². The van der Waals surface area contributed by atoms with E-state index in [9.17, 15) is 24.6 Å². The van der Waals surface area contributed by atoms with Crippen LogP contribution in [0, 0.1) is 28.6 Å². The van der Waals surface area contributed by atoms with Crippen LogP contribution in [0.4, 0.5) is 0 Å². The summed E-state index contributed by atoms with van der Waals surface area (Å²) in [6, 6.07) is 0. The van der Waals surface area contributed by atoms with Crippen molar-refractivity contribution >= 4 is 17.3 Å². The first-order valence-electron chi connectivity index (χ1n) is 9.51. The minimum atomic E-state index is -1.62. The zero-order chi connectivity index (χ0) is 18.9. The number of hydrogen-bond donors (Lipinski definition) is 2. The van der Waals surface area contributed by atoms with Crippen molar-refractivity contribution in [2.45, 2.75) is 51.6 Å². The number of allylic oxidation sites excluding steroid dienone is 4. The van der Waals surface area contributed by atoms with Crippen molar-refractivity contribution in [3.8, 4) is 0 Å². The first-order valence-corrected chi connectivity index (χ1v) is 9.51. The van der Waals surface area contributed by atoms with Crippen molar-refractivity contribution in [1.29, 1.82) is 0 Å². The summed E-state index contributed by atoms with van der Waals surface area (Å²) in [6.45, 7) is 3.19. The highest BCUT2D eigenvalue weighted by atomic mass is 16.3. The standard InChI is InChI=1S/C21H26O5/c1-19-7-5-13(23)9-12(19)3-4-14-15-6-8-21(26,17(25)11-22)20(15,2)10-16(24)18(14)19/h5,7,9,14-15,18,22,26H,3-4,6,8,10-11H2,1-2H3/t14-,15+,18-,19+,20+,21+/m1/s1. The van der Waals surface area contributed by atoms with E-state index in [2.05, 4.69) is 0 Å². The number of ketones is 3. The maximum absolute atomic E-state index is 13.3. The van der Waals surface area contributed by atoms with Crippen LogP contribution in [0.1, 0.15) is 46.0 Å². The molecule has 5 nitrogen and oxygen atoms in total. The average molecular weight is 358 g/mol. The third-order valence-corrected chi connectivity index (χ3v) is 8.01. The summed E-state index contributed by atoms with van der Waals surface area (Å²) in [6.07, 6.45) is 7.82. The lowest BCUT2D eigenvalue weighted by atomic mass is 9.46.